The molecular weight excluding hydrogens is 815 g/mol. The summed E-state index contributed by atoms with van der Waals surface area (Å²) in [5.74, 6) is 0.770. The summed E-state index contributed by atoms with van der Waals surface area (Å²) in [7, 11) is 1.30. The maximum absolute atomic E-state index is 14.0. The first-order valence-electron chi connectivity index (χ1n) is 15.1. The quantitative estimate of drug-likeness (QED) is 0.127. The molecule has 0 saturated heterocycles. The van der Waals surface area contributed by atoms with Gasteiger partial charge in [-0.2, -0.15) is 0 Å². The van der Waals surface area contributed by atoms with Gasteiger partial charge in [0.25, 0.3) is 5.56 Å². The Bertz CT molecular complexity index is 2030. The Morgan fingerprint density at radius 2 is 1.69 bits per heavy atom. The minimum Gasteiger partial charge on any atom is -0.490 e. The van der Waals surface area contributed by atoms with Crippen molar-refractivity contribution >= 4 is 67.9 Å². The van der Waals surface area contributed by atoms with Crippen LogP contribution in [-0.2, 0) is 20.9 Å². The highest BCUT2D eigenvalue weighted by atomic mass is 127. The Labute approximate surface area is 302 Å². The Kier molecular flexibility index (Phi) is 11.8. The summed E-state index contributed by atoms with van der Waals surface area (Å²) in [6.07, 6.45) is 3.25. The van der Waals surface area contributed by atoms with E-state index in [1.807, 2.05) is 44.2 Å². The molecule has 0 saturated carbocycles. The predicted octanol–water partition coefficient (Wildman–Crippen LogP) is 5.94. The molecule has 0 radical (unpaired) electrons. The molecule has 1 atom stereocenters. The summed E-state index contributed by atoms with van der Waals surface area (Å²) in [5.41, 5.74) is 2.70. The van der Waals surface area contributed by atoms with Crippen molar-refractivity contribution in [3.63, 3.8) is 0 Å². The van der Waals surface area contributed by atoms with Crippen molar-refractivity contribution in [2.24, 2.45) is 4.99 Å². The van der Waals surface area contributed by atoms with Gasteiger partial charge in [0.15, 0.2) is 16.3 Å². The van der Waals surface area contributed by atoms with Crippen molar-refractivity contribution in [2.75, 3.05) is 26.9 Å². The molecule has 4 aromatic rings. The summed E-state index contributed by atoms with van der Waals surface area (Å²) >= 11 is 7.04. The smallest absolute Gasteiger partial charge is 0.338 e. The maximum Gasteiger partial charge on any atom is 0.338 e. The Morgan fingerprint density at radius 3 is 2.35 bits per heavy atom. The van der Waals surface area contributed by atoms with Crippen LogP contribution in [0.4, 0.5) is 0 Å². The van der Waals surface area contributed by atoms with Gasteiger partial charge >= 0.3 is 11.9 Å². The summed E-state index contributed by atoms with van der Waals surface area (Å²) in [4.78, 5) is 43.8. The summed E-state index contributed by atoms with van der Waals surface area (Å²) < 4.78 is 31.3. The molecule has 0 amide bonds. The topological polar surface area (TPSA) is 115 Å². The zero-order valence-electron chi connectivity index (χ0n) is 26.6. The van der Waals surface area contributed by atoms with E-state index in [9.17, 15) is 14.4 Å². The number of fused-ring (bicyclic) bond motifs is 1. The van der Waals surface area contributed by atoms with Crippen LogP contribution in [0.5, 0.6) is 17.2 Å². The number of aromatic nitrogens is 1. The number of hydrogen-bond donors (Lipinski definition) is 0. The molecule has 0 N–H and O–H groups in total. The molecule has 3 aromatic carbocycles. The van der Waals surface area contributed by atoms with Crippen LogP contribution in [0.2, 0.25) is 0 Å². The summed E-state index contributed by atoms with van der Waals surface area (Å²) in [6, 6.07) is 15.4. The first-order valence-corrected chi connectivity index (χ1v) is 17.7. The van der Waals surface area contributed by atoms with Crippen molar-refractivity contribution in [3.05, 3.63) is 116 Å². The average Bonchev–Trinajstić information content (AvgIpc) is 3.39. The number of ether oxygens (including phenoxy) is 5. The Morgan fingerprint density at radius 1 is 0.958 bits per heavy atom. The SMILES string of the molecule is CCOC(=O)c1ccc(COc2c(Br)cc(/C=c3/sc4n(c3=O)[C@@H](c3ccc(OCC)c(OCC)c3)C(C(=O)OC)=CN=4)cc2I)cc1. The van der Waals surface area contributed by atoms with E-state index in [4.69, 9.17) is 23.7 Å². The molecule has 0 aliphatic carbocycles. The maximum atomic E-state index is 14.0. The number of carbonyl (C=O) groups excluding carboxylic acids is 2. The standard InChI is InChI=1S/C35H32BrIN2O8S/c1-5-44-27-13-12-23(17-28(27)45-6-2)30-24(34(42)43-4)18-38-35-39(30)32(40)29(48-35)16-21-14-25(36)31(26(37)15-21)47-19-20-8-10-22(11-9-20)33(41)46-7-3/h8-18,30H,5-7,19H2,1-4H3/b29-16+/t30-/m0/s1. The third-order valence-corrected chi connectivity index (χ3v) is 9.56. The zero-order chi connectivity index (χ0) is 34.4. The van der Waals surface area contributed by atoms with Gasteiger partial charge in [-0.15, -0.1) is 0 Å². The number of methoxy groups -OCH3 is 1. The lowest BCUT2D eigenvalue weighted by atomic mass is 9.97. The van der Waals surface area contributed by atoms with Crippen LogP contribution in [0.25, 0.3) is 6.08 Å². The second-order valence-electron chi connectivity index (χ2n) is 10.3. The fourth-order valence-corrected chi connectivity index (χ4v) is 7.78. The van der Waals surface area contributed by atoms with Gasteiger partial charge in [0, 0.05) is 6.20 Å². The van der Waals surface area contributed by atoms with E-state index in [0.717, 1.165) is 14.7 Å². The van der Waals surface area contributed by atoms with E-state index in [0.29, 0.717) is 62.0 Å². The average molecular weight is 848 g/mol. The van der Waals surface area contributed by atoms with E-state index in [-0.39, 0.29) is 23.7 Å². The monoisotopic (exact) mass is 846 g/mol. The number of nitrogens with zero attached hydrogens (tertiary/aromatic N) is 2. The first-order chi connectivity index (χ1) is 23.2. The molecule has 10 nitrogen and oxygen atoms in total. The van der Waals surface area contributed by atoms with Crippen LogP contribution in [0.1, 0.15) is 53.9 Å². The number of benzene rings is 3. The molecule has 5 rings (SSSR count). The molecule has 0 fully saturated rings. The second kappa shape index (κ2) is 16.0. The van der Waals surface area contributed by atoms with Gasteiger partial charge in [-0.3, -0.25) is 9.36 Å². The van der Waals surface area contributed by atoms with Gasteiger partial charge in [0.2, 0.25) is 0 Å². The fourth-order valence-electron chi connectivity index (χ4n) is 5.05. The van der Waals surface area contributed by atoms with Crippen LogP contribution in [0.15, 0.2) is 80.6 Å². The molecular formula is C35H32BrIN2O8S. The van der Waals surface area contributed by atoms with Gasteiger partial charge in [-0.1, -0.05) is 29.5 Å². The normalized spacial score (nSPS) is 14.0. The van der Waals surface area contributed by atoms with Crippen molar-refractivity contribution in [1.29, 1.82) is 0 Å². The molecule has 48 heavy (non-hydrogen) atoms. The van der Waals surface area contributed by atoms with Crippen LogP contribution >= 0.6 is 49.9 Å². The third-order valence-electron chi connectivity index (χ3n) is 7.17. The number of carbonyl (C=O) groups is 2. The minimum atomic E-state index is -0.792. The lowest BCUT2D eigenvalue weighted by molar-refractivity contribution is -0.136. The van der Waals surface area contributed by atoms with E-state index >= 15 is 0 Å². The molecule has 0 bridgehead atoms. The minimum absolute atomic E-state index is 0.220. The molecule has 1 aliphatic heterocycles. The van der Waals surface area contributed by atoms with Gasteiger partial charge in [0.05, 0.1) is 56.7 Å². The van der Waals surface area contributed by atoms with E-state index in [1.54, 1.807) is 37.3 Å². The fraction of sp³-hybridized carbons (Fsp3) is 0.257. The number of halogens is 2. The second-order valence-corrected chi connectivity index (χ2v) is 13.3. The van der Waals surface area contributed by atoms with Gasteiger partial charge in [0.1, 0.15) is 12.4 Å². The zero-order valence-corrected chi connectivity index (χ0v) is 31.1. The third kappa shape index (κ3) is 7.68. The molecule has 250 valence electrons. The number of hydrogen-bond acceptors (Lipinski definition) is 10. The number of esters is 2. The van der Waals surface area contributed by atoms with Crippen molar-refractivity contribution in [2.45, 2.75) is 33.4 Å². The largest absolute Gasteiger partial charge is 0.490 e. The van der Waals surface area contributed by atoms with E-state index in [2.05, 4.69) is 43.5 Å². The van der Waals surface area contributed by atoms with E-state index < -0.39 is 12.0 Å². The summed E-state index contributed by atoms with van der Waals surface area (Å²) in [6.45, 7) is 6.99. The molecule has 0 spiro atoms. The molecule has 2 heterocycles. The van der Waals surface area contributed by atoms with Crippen molar-refractivity contribution in [1.82, 2.24) is 4.57 Å². The van der Waals surface area contributed by atoms with Gasteiger partial charge < -0.3 is 23.7 Å². The van der Waals surface area contributed by atoms with Crippen molar-refractivity contribution in [3.8, 4) is 17.2 Å². The molecule has 1 aromatic heterocycles. The van der Waals surface area contributed by atoms with Crippen LogP contribution < -0.4 is 29.1 Å². The first kappa shape index (κ1) is 35.4. The lowest BCUT2D eigenvalue weighted by Gasteiger charge is -2.23. The van der Waals surface area contributed by atoms with E-state index in [1.165, 1.54) is 29.2 Å². The van der Waals surface area contributed by atoms with Crippen molar-refractivity contribution < 1.29 is 33.3 Å². The number of thiazole rings is 1. The van der Waals surface area contributed by atoms with Crippen LogP contribution in [0.3, 0.4) is 0 Å². The van der Waals surface area contributed by atoms with Crippen LogP contribution in [-0.4, -0.2) is 43.4 Å². The van der Waals surface area contributed by atoms with Gasteiger partial charge in [-0.25, -0.2) is 14.6 Å². The molecule has 0 unspecified atom stereocenters. The molecule has 13 heteroatoms. The Hall–Kier alpha value is -3.95. The lowest BCUT2D eigenvalue weighted by Crippen LogP contribution is -2.39. The number of rotatable bonds is 12. The Balaban J connectivity index is 1.47. The van der Waals surface area contributed by atoms with Gasteiger partial charge in [-0.05, 0) is 118 Å². The van der Waals surface area contributed by atoms with Crippen LogP contribution in [0, 0.1) is 3.57 Å². The highest BCUT2D eigenvalue weighted by molar-refractivity contribution is 14.1. The molecule has 1 aliphatic rings. The highest BCUT2D eigenvalue weighted by Gasteiger charge is 2.31. The highest BCUT2D eigenvalue weighted by Crippen LogP contribution is 2.36. The summed E-state index contributed by atoms with van der Waals surface area (Å²) in [5, 5.41) is 0. The predicted molar refractivity (Wildman–Crippen MR) is 194 cm³/mol.